The highest BCUT2D eigenvalue weighted by atomic mass is 16.5. The van der Waals surface area contributed by atoms with E-state index < -0.39 is 0 Å². The molecule has 0 radical (unpaired) electrons. The maximum Gasteiger partial charge on any atom is 0.105 e. The smallest absolute Gasteiger partial charge is 0.105 e. The average molecular weight is 303 g/mol. The van der Waals surface area contributed by atoms with E-state index in [1.165, 1.54) is 5.56 Å². The first-order chi connectivity index (χ1) is 10.6. The molecule has 1 fully saturated rings. The number of ether oxygens (including phenoxy) is 1. The van der Waals surface area contributed by atoms with Crippen LogP contribution < -0.4 is 5.32 Å². The first-order valence-corrected chi connectivity index (χ1v) is 8.02. The van der Waals surface area contributed by atoms with Gasteiger partial charge in [-0.1, -0.05) is 0 Å². The van der Waals surface area contributed by atoms with Gasteiger partial charge in [0, 0.05) is 55.9 Å². The van der Waals surface area contributed by atoms with E-state index in [1.807, 2.05) is 30.2 Å². The highest BCUT2D eigenvalue weighted by molar-refractivity contribution is 5.13. The molecule has 6 heteroatoms. The third-order valence-electron chi connectivity index (χ3n) is 4.25. The summed E-state index contributed by atoms with van der Waals surface area (Å²) in [5.41, 5.74) is 1.17. The molecule has 0 amide bonds. The maximum atomic E-state index is 5.92. The van der Waals surface area contributed by atoms with Crippen molar-refractivity contribution in [3.05, 3.63) is 36.2 Å². The van der Waals surface area contributed by atoms with Crippen LogP contribution in [0, 0.1) is 6.92 Å². The molecule has 3 rings (SSSR count). The maximum absolute atomic E-state index is 5.92. The number of hydrogen-bond acceptors (Lipinski definition) is 4. The number of aromatic nitrogens is 4. The molecular formula is C16H25N5O. The van der Waals surface area contributed by atoms with Crippen LogP contribution in [0.5, 0.6) is 0 Å². The van der Waals surface area contributed by atoms with Gasteiger partial charge in [0.1, 0.15) is 11.9 Å². The summed E-state index contributed by atoms with van der Waals surface area (Å²) < 4.78 is 10.1. The quantitative estimate of drug-likeness (QED) is 0.888. The molecule has 0 spiro atoms. The zero-order valence-corrected chi connectivity index (χ0v) is 13.6. The van der Waals surface area contributed by atoms with E-state index in [4.69, 9.17) is 4.74 Å². The van der Waals surface area contributed by atoms with Crippen molar-refractivity contribution in [2.24, 2.45) is 0 Å². The molecule has 0 saturated carbocycles. The molecule has 3 heterocycles. The SMILES string of the molecule is Cc1nccn1CCN[C@H]1CCO[C@@H]1c1cnn(C(C)C)c1. The number of nitrogens with one attached hydrogen (secondary N) is 1. The van der Waals surface area contributed by atoms with E-state index in [2.05, 4.69) is 40.0 Å². The monoisotopic (exact) mass is 303 g/mol. The van der Waals surface area contributed by atoms with Gasteiger partial charge in [-0.3, -0.25) is 4.68 Å². The highest BCUT2D eigenvalue weighted by Crippen LogP contribution is 2.29. The van der Waals surface area contributed by atoms with Crippen LogP contribution in [0.4, 0.5) is 0 Å². The second-order valence-electron chi connectivity index (χ2n) is 6.16. The Morgan fingerprint density at radius 1 is 1.45 bits per heavy atom. The van der Waals surface area contributed by atoms with E-state index in [1.54, 1.807) is 0 Å². The van der Waals surface area contributed by atoms with Crippen LogP contribution in [0.15, 0.2) is 24.8 Å². The van der Waals surface area contributed by atoms with E-state index in [9.17, 15) is 0 Å². The lowest BCUT2D eigenvalue weighted by atomic mass is 10.1. The Kier molecular flexibility index (Phi) is 4.59. The minimum absolute atomic E-state index is 0.108. The molecule has 22 heavy (non-hydrogen) atoms. The first-order valence-electron chi connectivity index (χ1n) is 8.02. The zero-order chi connectivity index (χ0) is 15.5. The van der Waals surface area contributed by atoms with Crippen molar-refractivity contribution in [1.82, 2.24) is 24.6 Å². The van der Waals surface area contributed by atoms with Gasteiger partial charge >= 0.3 is 0 Å². The molecule has 0 aliphatic carbocycles. The number of aryl methyl sites for hydroxylation is 1. The lowest BCUT2D eigenvalue weighted by molar-refractivity contribution is 0.0985. The fourth-order valence-corrected chi connectivity index (χ4v) is 2.92. The van der Waals surface area contributed by atoms with E-state index in [0.29, 0.717) is 12.1 Å². The van der Waals surface area contributed by atoms with Crippen LogP contribution in [0.1, 0.15) is 43.8 Å². The highest BCUT2D eigenvalue weighted by Gasteiger charge is 2.30. The Morgan fingerprint density at radius 2 is 2.32 bits per heavy atom. The molecule has 1 saturated heterocycles. The van der Waals surface area contributed by atoms with Crippen LogP contribution >= 0.6 is 0 Å². The molecule has 2 aromatic rings. The fraction of sp³-hybridized carbons (Fsp3) is 0.625. The van der Waals surface area contributed by atoms with Crippen LogP contribution in [0.25, 0.3) is 0 Å². The van der Waals surface area contributed by atoms with Gasteiger partial charge in [-0.2, -0.15) is 5.10 Å². The molecule has 0 bridgehead atoms. The van der Waals surface area contributed by atoms with E-state index >= 15 is 0 Å². The van der Waals surface area contributed by atoms with E-state index in [0.717, 1.165) is 31.9 Å². The average Bonchev–Trinajstić information content (AvgIpc) is 3.19. The molecule has 1 N–H and O–H groups in total. The summed E-state index contributed by atoms with van der Waals surface area (Å²) >= 11 is 0. The summed E-state index contributed by atoms with van der Waals surface area (Å²) in [5.74, 6) is 1.05. The molecule has 0 unspecified atom stereocenters. The summed E-state index contributed by atoms with van der Waals surface area (Å²) in [5, 5.41) is 8.05. The lowest BCUT2D eigenvalue weighted by Gasteiger charge is -2.19. The summed E-state index contributed by atoms with van der Waals surface area (Å²) in [6.45, 7) is 8.95. The molecule has 120 valence electrons. The number of rotatable bonds is 6. The molecule has 1 aliphatic rings. The van der Waals surface area contributed by atoms with Crippen molar-refractivity contribution in [2.45, 2.75) is 51.9 Å². The molecule has 0 aromatic carbocycles. The zero-order valence-electron chi connectivity index (χ0n) is 13.6. The second-order valence-corrected chi connectivity index (χ2v) is 6.16. The summed E-state index contributed by atoms with van der Waals surface area (Å²) in [7, 11) is 0. The molecule has 2 atom stereocenters. The molecular weight excluding hydrogens is 278 g/mol. The van der Waals surface area contributed by atoms with Crippen LogP contribution in [-0.4, -0.2) is 38.5 Å². The molecule has 2 aromatic heterocycles. The minimum Gasteiger partial charge on any atom is -0.372 e. The standard InChI is InChI=1S/C16H25N5O/c1-12(2)21-11-14(10-19-21)16-15(4-9-22-16)18-6-8-20-7-5-17-13(20)3/h5,7,10-12,15-16,18H,4,6,8-9H2,1-3H3/t15-,16+/m0/s1. The normalized spacial score (nSPS) is 21.8. The number of imidazole rings is 1. The Bertz CT molecular complexity index is 603. The Morgan fingerprint density at radius 3 is 3.00 bits per heavy atom. The topological polar surface area (TPSA) is 56.9 Å². The fourth-order valence-electron chi connectivity index (χ4n) is 2.92. The third kappa shape index (κ3) is 3.23. The van der Waals surface area contributed by atoms with Gasteiger partial charge in [0.2, 0.25) is 0 Å². The molecule has 1 aliphatic heterocycles. The summed E-state index contributed by atoms with van der Waals surface area (Å²) in [6.07, 6.45) is 9.06. The first kappa shape index (κ1) is 15.2. The summed E-state index contributed by atoms with van der Waals surface area (Å²) in [6, 6.07) is 0.736. The minimum atomic E-state index is 0.108. The van der Waals surface area contributed by atoms with Gasteiger partial charge in [0.15, 0.2) is 0 Å². The van der Waals surface area contributed by atoms with Gasteiger partial charge in [0.05, 0.1) is 6.20 Å². The Labute approximate surface area is 131 Å². The van der Waals surface area contributed by atoms with E-state index in [-0.39, 0.29) is 6.10 Å². The molecule has 6 nitrogen and oxygen atoms in total. The van der Waals surface area contributed by atoms with Gasteiger partial charge in [-0.15, -0.1) is 0 Å². The summed E-state index contributed by atoms with van der Waals surface area (Å²) in [4.78, 5) is 4.25. The van der Waals surface area contributed by atoms with Crippen molar-refractivity contribution in [2.75, 3.05) is 13.2 Å². The van der Waals surface area contributed by atoms with Crippen molar-refractivity contribution in [1.29, 1.82) is 0 Å². The predicted molar refractivity (Wildman–Crippen MR) is 84.7 cm³/mol. The van der Waals surface area contributed by atoms with Crippen molar-refractivity contribution < 1.29 is 4.74 Å². The Balaban J connectivity index is 1.57. The third-order valence-corrected chi connectivity index (χ3v) is 4.25. The van der Waals surface area contributed by atoms with Crippen LogP contribution in [0.3, 0.4) is 0 Å². The lowest BCUT2D eigenvalue weighted by Crippen LogP contribution is -2.34. The van der Waals surface area contributed by atoms with Crippen molar-refractivity contribution >= 4 is 0 Å². The van der Waals surface area contributed by atoms with Crippen LogP contribution in [-0.2, 0) is 11.3 Å². The number of nitrogens with zero attached hydrogens (tertiary/aromatic N) is 4. The van der Waals surface area contributed by atoms with Gasteiger partial charge in [-0.25, -0.2) is 4.98 Å². The largest absolute Gasteiger partial charge is 0.372 e. The van der Waals surface area contributed by atoms with Crippen molar-refractivity contribution in [3.63, 3.8) is 0 Å². The predicted octanol–water partition coefficient (Wildman–Crippen LogP) is 2.09. The van der Waals surface area contributed by atoms with Gasteiger partial charge in [-0.05, 0) is 27.2 Å². The Hall–Kier alpha value is -1.66. The van der Waals surface area contributed by atoms with Crippen molar-refractivity contribution in [3.8, 4) is 0 Å². The number of hydrogen-bond donors (Lipinski definition) is 1. The second kappa shape index (κ2) is 6.62. The van der Waals surface area contributed by atoms with Gasteiger partial charge < -0.3 is 14.6 Å². The van der Waals surface area contributed by atoms with Gasteiger partial charge in [0.25, 0.3) is 0 Å². The van der Waals surface area contributed by atoms with Crippen LogP contribution in [0.2, 0.25) is 0 Å².